The molecule has 1 aromatic heterocycles. The van der Waals surface area contributed by atoms with Crippen LogP contribution in [0, 0.1) is 0 Å². The topological polar surface area (TPSA) is 22.0 Å². The Morgan fingerprint density at radius 1 is 1.11 bits per heavy atom. The van der Waals surface area contributed by atoms with Crippen LogP contribution < -0.4 is 5.56 Å². The molecule has 0 fully saturated rings. The van der Waals surface area contributed by atoms with Gasteiger partial charge in [0.2, 0.25) is 0 Å². The highest BCUT2D eigenvalue weighted by Crippen LogP contribution is 2.27. The Kier molecular flexibility index (Phi) is 4.00. The molecule has 1 aromatic carbocycles. The normalized spacial score (nSPS) is 10.7. The Bertz CT molecular complexity index is 649. The van der Waals surface area contributed by atoms with Crippen molar-refractivity contribution in [3.63, 3.8) is 0 Å². The quantitative estimate of drug-likeness (QED) is 0.766. The van der Waals surface area contributed by atoms with Crippen molar-refractivity contribution in [1.82, 2.24) is 4.57 Å². The van der Waals surface area contributed by atoms with Gasteiger partial charge in [0.05, 0.1) is 21.6 Å². The summed E-state index contributed by atoms with van der Waals surface area (Å²) in [5.74, 6) is 0.203. The lowest BCUT2D eigenvalue weighted by atomic mass is 10.1. The molecule has 94 valence electrons. The molecule has 0 bridgehead atoms. The van der Waals surface area contributed by atoms with Crippen LogP contribution in [0.3, 0.4) is 0 Å². The number of halogens is 3. The van der Waals surface area contributed by atoms with Crippen LogP contribution in [0.5, 0.6) is 0 Å². The lowest BCUT2D eigenvalue weighted by Gasteiger charge is -2.10. The number of rotatable bonds is 2. The van der Waals surface area contributed by atoms with E-state index >= 15 is 0 Å². The summed E-state index contributed by atoms with van der Waals surface area (Å²) in [6, 6.07) is 8.84. The number of nitrogens with zero attached hydrogens (tertiary/aromatic N) is 1. The van der Waals surface area contributed by atoms with Crippen LogP contribution in [-0.4, -0.2) is 4.57 Å². The summed E-state index contributed by atoms with van der Waals surface area (Å²) in [6.07, 6.45) is 0. The molecule has 0 radical (unpaired) electrons. The van der Waals surface area contributed by atoms with Gasteiger partial charge >= 0.3 is 0 Å². The Hall–Kier alpha value is -0.960. The fourth-order valence-electron chi connectivity index (χ4n) is 1.73. The monoisotopic (exact) mass is 301 g/mol. The smallest absolute Gasteiger partial charge is 0.255 e. The van der Waals surface area contributed by atoms with Crippen LogP contribution in [0.2, 0.25) is 10.0 Å². The predicted octanol–water partition coefficient (Wildman–Crippen LogP) is 4.10. The van der Waals surface area contributed by atoms with Gasteiger partial charge in [-0.3, -0.25) is 4.79 Å². The first-order valence-electron chi connectivity index (χ1n) is 5.25. The van der Waals surface area contributed by atoms with E-state index in [0.29, 0.717) is 15.6 Å². The van der Waals surface area contributed by atoms with Gasteiger partial charge in [-0.15, -0.1) is 11.6 Å². The fraction of sp³-hybridized carbons (Fsp3) is 0.154. The largest absolute Gasteiger partial charge is 0.311 e. The van der Waals surface area contributed by atoms with E-state index in [-0.39, 0.29) is 11.4 Å². The Morgan fingerprint density at radius 3 is 2.44 bits per heavy atom. The molecule has 2 rings (SSSR count). The third kappa shape index (κ3) is 2.41. The second kappa shape index (κ2) is 5.35. The Balaban J connectivity index is 2.61. The van der Waals surface area contributed by atoms with Crippen molar-refractivity contribution < 1.29 is 0 Å². The van der Waals surface area contributed by atoms with Crippen LogP contribution >= 0.6 is 34.8 Å². The zero-order valence-electron chi connectivity index (χ0n) is 9.58. The number of hydrogen-bond donors (Lipinski definition) is 0. The molecule has 18 heavy (non-hydrogen) atoms. The van der Waals surface area contributed by atoms with Crippen molar-refractivity contribution >= 4 is 34.8 Å². The van der Waals surface area contributed by atoms with E-state index in [1.165, 1.54) is 0 Å². The standard InChI is InChI=1S/C13H10Cl3NO/c1-17-12(5-3-9(7-14)13(17)18)8-2-4-10(15)11(16)6-8/h2-6H,7H2,1H3. The predicted molar refractivity (Wildman–Crippen MR) is 76.7 cm³/mol. The van der Waals surface area contributed by atoms with E-state index in [1.807, 2.05) is 12.1 Å². The minimum Gasteiger partial charge on any atom is -0.311 e. The van der Waals surface area contributed by atoms with Gasteiger partial charge in [0, 0.05) is 12.6 Å². The molecular weight excluding hydrogens is 293 g/mol. The lowest BCUT2D eigenvalue weighted by Crippen LogP contribution is -2.21. The Labute approximate surface area is 120 Å². The van der Waals surface area contributed by atoms with Gasteiger partial charge in [0.1, 0.15) is 0 Å². The Morgan fingerprint density at radius 2 is 1.83 bits per heavy atom. The molecule has 0 unspecified atom stereocenters. The minimum absolute atomic E-state index is 0.103. The summed E-state index contributed by atoms with van der Waals surface area (Å²) in [7, 11) is 1.70. The molecule has 5 heteroatoms. The zero-order valence-corrected chi connectivity index (χ0v) is 11.9. The molecule has 0 aliphatic carbocycles. The first-order chi connectivity index (χ1) is 8.54. The van der Waals surface area contributed by atoms with Crippen molar-refractivity contribution in [1.29, 1.82) is 0 Å². The molecule has 0 N–H and O–H groups in total. The van der Waals surface area contributed by atoms with E-state index in [1.54, 1.807) is 29.8 Å². The molecule has 0 aliphatic heterocycles. The summed E-state index contributed by atoms with van der Waals surface area (Å²) >= 11 is 17.5. The van der Waals surface area contributed by atoms with Crippen molar-refractivity contribution in [3.8, 4) is 11.3 Å². The average molecular weight is 303 g/mol. The molecule has 0 saturated carbocycles. The van der Waals surface area contributed by atoms with Crippen molar-refractivity contribution in [2.24, 2.45) is 7.05 Å². The number of pyridine rings is 1. The lowest BCUT2D eigenvalue weighted by molar-refractivity contribution is 0.856. The SMILES string of the molecule is Cn1c(-c2ccc(Cl)c(Cl)c2)ccc(CCl)c1=O. The summed E-state index contributed by atoms with van der Waals surface area (Å²) in [6.45, 7) is 0. The van der Waals surface area contributed by atoms with Crippen LogP contribution in [0.4, 0.5) is 0 Å². The third-order valence-corrected chi connectivity index (χ3v) is 3.77. The maximum Gasteiger partial charge on any atom is 0.255 e. The van der Waals surface area contributed by atoms with Gasteiger partial charge in [-0.25, -0.2) is 0 Å². The van der Waals surface area contributed by atoms with E-state index in [0.717, 1.165) is 11.3 Å². The van der Waals surface area contributed by atoms with Crippen molar-refractivity contribution in [3.05, 3.63) is 56.3 Å². The van der Waals surface area contributed by atoms with Crippen LogP contribution in [0.15, 0.2) is 35.1 Å². The summed E-state index contributed by atoms with van der Waals surface area (Å²) < 4.78 is 1.55. The molecule has 0 atom stereocenters. The molecule has 0 spiro atoms. The van der Waals surface area contributed by atoms with Crippen LogP contribution in [-0.2, 0) is 12.9 Å². The first kappa shape index (κ1) is 13.5. The summed E-state index contributed by atoms with van der Waals surface area (Å²) in [5.41, 5.74) is 2.08. The highest BCUT2D eigenvalue weighted by molar-refractivity contribution is 6.42. The number of aromatic nitrogens is 1. The molecular formula is C13H10Cl3NO. The van der Waals surface area contributed by atoms with Gasteiger partial charge in [0.15, 0.2) is 0 Å². The first-order valence-corrected chi connectivity index (χ1v) is 6.54. The van der Waals surface area contributed by atoms with Gasteiger partial charge in [-0.05, 0) is 23.8 Å². The minimum atomic E-state index is -0.103. The molecule has 0 aliphatic rings. The van der Waals surface area contributed by atoms with Gasteiger partial charge in [-0.1, -0.05) is 35.3 Å². The highest BCUT2D eigenvalue weighted by Gasteiger charge is 2.08. The molecule has 1 heterocycles. The van der Waals surface area contributed by atoms with E-state index in [2.05, 4.69) is 0 Å². The number of alkyl halides is 1. The van der Waals surface area contributed by atoms with Crippen molar-refractivity contribution in [2.75, 3.05) is 0 Å². The van der Waals surface area contributed by atoms with Gasteiger partial charge in [-0.2, -0.15) is 0 Å². The zero-order chi connectivity index (χ0) is 13.3. The highest BCUT2D eigenvalue weighted by atomic mass is 35.5. The van der Waals surface area contributed by atoms with E-state index in [9.17, 15) is 4.79 Å². The van der Waals surface area contributed by atoms with E-state index in [4.69, 9.17) is 34.8 Å². The number of hydrogen-bond acceptors (Lipinski definition) is 1. The van der Waals surface area contributed by atoms with Crippen LogP contribution in [0.1, 0.15) is 5.56 Å². The van der Waals surface area contributed by atoms with E-state index < -0.39 is 0 Å². The molecule has 2 nitrogen and oxygen atoms in total. The maximum absolute atomic E-state index is 12.0. The second-order valence-corrected chi connectivity index (χ2v) is 4.95. The summed E-state index contributed by atoms with van der Waals surface area (Å²) in [4.78, 5) is 12.0. The fourth-order valence-corrected chi connectivity index (χ4v) is 2.24. The third-order valence-electron chi connectivity index (χ3n) is 2.74. The van der Waals surface area contributed by atoms with Crippen molar-refractivity contribution in [2.45, 2.75) is 5.88 Å². The second-order valence-electron chi connectivity index (χ2n) is 3.87. The molecule has 0 amide bonds. The summed E-state index contributed by atoms with van der Waals surface area (Å²) in [5, 5.41) is 0.950. The molecule has 0 saturated heterocycles. The average Bonchev–Trinajstić information content (AvgIpc) is 2.36. The number of benzene rings is 1. The maximum atomic E-state index is 12.0. The van der Waals surface area contributed by atoms with Crippen LogP contribution in [0.25, 0.3) is 11.3 Å². The van der Waals surface area contributed by atoms with Gasteiger partial charge in [0.25, 0.3) is 5.56 Å². The van der Waals surface area contributed by atoms with Gasteiger partial charge < -0.3 is 4.57 Å². The molecule has 2 aromatic rings.